The fraction of sp³-hybridized carbons (Fsp3) is 0.571. The molecule has 0 saturated heterocycles. The zero-order valence-corrected chi connectivity index (χ0v) is 11.6. The molecule has 1 aromatic rings. The molecule has 2 rings (SSSR count). The van der Waals surface area contributed by atoms with Crippen molar-refractivity contribution in [3.05, 3.63) is 23.2 Å². The Morgan fingerprint density at radius 1 is 1.17 bits per heavy atom. The summed E-state index contributed by atoms with van der Waals surface area (Å²) >= 11 is 6.08. The minimum atomic E-state index is 0.563. The van der Waals surface area contributed by atoms with E-state index in [0.29, 0.717) is 16.8 Å². The van der Waals surface area contributed by atoms with Gasteiger partial charge in [0.25, 0.3) is 0 Å². The van der Waals surface area contributed by atoms with Crippen LogP contribution >= 0.6 is 11.6 Å². The van der Waals surface area contributed by atoms with Crippen LogP contribution in [0.4, 0.5) is 5.69 Å². The zero-order valence-electron chi connectivity index (χ0n) is 10.8. The Bertz CT molecular complexity index is 376. The van der Waals surface area contributed by atoms with Crippen LogP contribution in [-0.2, 0) is 0 Å². The second kappa shape index (κ2) is 6.86. The van der Waals surface area contributed by atoms with E-state index in [-0.39, 0.29) is 0 Å². The van der Waals surface area contributed by atoms with Crippen molar-refractivity contribution in [2.45, 2.75) is 44.6 Å². The summed E-state index contributed by atoms with van der Waals surface area (Å²) in [5, 5.41) is 0.630. The van der Waals surface area contributed by atoms with Gasteiger partial charge in [-0.3, -0.25) is 0 Å². The van der Waals surface area contributed by atoms with E-state index in [9.17, 15) is 0 Å². The second-order valence-corrected chi connectivity index (χ2v) is 5.21. The van der Waals surface area contributed by atoms with Gasteiger partial charge in [0.05, 0.1) is 17.8 Å². The van der Waals surface area contributed by atoms with Gasteiger partial charge in [0, 0.05) is 6.04 Å². The molecule has 1 saturated carbocycles. The van der Waals surface area contributed by atoms with Crippen LogP contribution in [0.15, 0.2) is 18.2 Å². The van der Waals surface area contributed by atoms with E-state index in [1.54, 1.807) is 7.11 Å². The number of hydrogen-bond donors (Lipinski definition) is 2. The lowest BCUT2D eigenvalue weighted by atomic mass is 10.1. The van der Waals surface area contributed by atoms with Gasteiger partial charge in [0.1, 0.15) is 5.75 Å². The molecule has 4 heteroatoms. The Morgan fingerprint density at radius 3 is 2.50 bits per heavy atom. The third-order valence-corrected chi connectivity index (χ3v) is 3.72. The van der Waals surface area contributed by atoms with Crippen molar-refractivity contribution >= 4 is 17.3 Å². The van der Waals surface area contributed by atoms with Crippen molar-refractivity contribution in [2.24, 2.45) is 0 Å². The predicted octanol–water partition coefficient (Wildman–Crippen LogP) is 3.99. The van der Waals surface area contributed by atoms with E-state index in [1.165, 1.54) is 38.5 Å². The maximum absolute atomic E-state index is 6.08. The molecule has 0 amide bonds. The van der Waals surface area contributed by atoms with Crippen molar-refractivity contribution in [1.29, 1.82) is 0 Å². The van der Waals surface area contributed by atoms with Gasteiger partial charge in [0.15, 0.2) is 0 Å². The molecule has 0 bridgehead atoms. The minimum absolute atomic E-state index is 0.563. The molecule has 0 unspecified atom stereocenters. The molecular weight excluding hydrogens is 248 g/mol. The van der Waals surface area contributed by atoms with Crippen molar-refractivity contribution in [1.82, 2.24) is 5.43 Å². The summed E-state index contributed by atoms with van der Waals surface area (Å²) in [6.45, 7) is 0. The maximum atomic E-state index is 6.08. The number of methoxy groups -OCH3 is 1. The Morgan fingerprint density at radius 2 is 1.89 bits per heavy atom. The first-order valence-corrected chi connectivity index (χ1v) is 7.02. The number of hydrazine groups is 1. The molecule has 1 aromatic carbocycles. The van der Waals surface area contributed by atoms with Gasteiger partial charge in [-0.15, -0.1) is 0 Å². The van der Waals surface area contributed by atoms with Gasteiger partial charge in [-0.05, 0) is 31.0 Å². The number of halogens is 1. The molecular formula is C14H21ClN2O. The Balaban J connectivity index is 1.87. The molecule has 0 aromatic heterocycles. The number of ether oxygens (including phenoxy) is 1. The molecule has 100 valence electrons. The second-order valence-electron chi connectivity index (χ2n) is 4.81. The fourth-order valence-electron chi connectivity index (χ4n) is 2.35. The number of nitrogens with one attached hydrogen (secondary N) is 2. The summed E-state index contributed by atoms with van der Waals surface area (Å²) in [6, 6.07) is 6.28. The minimum Gasteiger partial charge on any atom is -0.495 e. The van der Waals surface area contributed by atoms with Gasteiger partial charge in [-0.2, -0.15) is 0 Å². The van der Waals surface area contributed by atoms with Crippen LogP contribution in [0, 0.1) is 0 Å². The Kier molecular flexibility index (Phi) is 5.14. The molecule has 0 radical (unpaired) electrons. The van der Waals surface area contributed by atoms with Gasteiger partial charge < -0.3 is 10.2 Å². The van der Waals surface area contributed by atoms with E-state index in [1.807, 2.05) is 18.2 Å². The summed E-state index contributed by atoms with van der Waals surface area (Å²) in [5.74, 6) is 0.705. The van der Waals surface area contributed by atoms with E-state index in [4.69, 9.17) is 16.3 Å². The van der Waals surface area contributed by atoms with E-state index in [2.05, 4.69) is 10.9 Å². The summed E-state index contributed by atoms with van der Waals surface area (Å²) in [6.07, 6.45) is 7.87. The first-order chi connectivity index (χ1) is 8.79. The Hall–Kier alpha value is -0.930. The topological polar surface area (TPSA) is 33.3 Å². The predicted molar refractivity (Wildman–Crippen MR) is 76.3 cm³/mol. The molecule has 0 aliphatic heterocycles. The average molecular weight is 269 g/mol. The van der Waals surface area contributed by atoms with Gasteiger partial charge in [-0.1, -0.05) is 37.3 Å². The van der Waals surface area contributed by atoms with Crippen LogP contribution in [0.25, 0.3) is 0 Å². The normalized spacial score (nSPS) is 17.2. The Labute approximate surface area is 114 Å². The highest BCUT2D eigenvalue weighted by atomic mass is 35.5. The number of anilines is 1. The smallest absolute Gasteiger partial charge is 0.137 e. The fourth-order valence-corrected chi connectivity index (χ4v) is 2.61. The summed E-state index contributed by atoms with van der Waals surface area (Å²) in [4.78, 5) is 0. The number of rotatable bonds is 4. The van der Waals surface area contributed by atoms with Crippen LogP contribution in [0.3, 0.4) is 0 Å². The van der Waals surface area contributed by atoms with Crippen LogP contribution < -0.4 is 15.6 Å². The molecule has 0 heterocycles. The summed E-state index contributed by atoms with van der Waals surface area (Å²) < 4.78 is 5.13. The molecule has 2 N–H and O–H groups in total. The van der Waals surface area contributed by atoms with E-state index < -0.39 is 0 Å². The van der Waals surface area contributed by atoms with Crippen LogP contribution in [0.1, 0.15) is 38.5 Å². The molecule has 1 fully saturated rings. The lowest BCUT2D eigenvalue weighted by Gasteiger charge is -2.18. The molecule has 1 aliphatic carbocycles. The third-order valence-electron chi connectivity index (χ3n) is 3.43. The molecule has 18 heavy (non-hydrogen) atoms. The molecule has 3 nitrogen and oxygen atoms in total. The SMILES string of the molecule is COc1ccc(NNC2CCCCCC2)cc1Cl. The lowest BCUT2D eigenvalue weighted by Crippen LogP contribution is -2.33. The van der Waals surface area contributed by atoms with Gasteiger partial charge in [-0.25, -0.2) is 5.43 Å². The third kappa shape index (κ3) is 3.79. The monoisotopic (exact) mass is 268 g/mol. The number of benzene rings is 1. The largest absolute Gasteiger partial charge is 0.495 e. The highest BCUT2D eigenvalue weighted by molar-refractivity contribution is 6.32. The lowest BCUT2D eigenvalue weighted by molar-refractivity contribution is 0.415. The van der Waals surface area contributed by atoms with Crippen LogP contribution in [0.2, 0.25) is 5.02 Å². The first-order valence-electron chi connectivity index (χ1n) is 6.64. The quantitative estimate of drug-likeness (QED) is 0.640. The molecule has 1 aliphatic rings. The van der Waals surface area contributed by atoms with Gasteiger partial charge in [0.2, 0.25) is 0 Å². The number of hydrogen-bond acceptors (Lipinski definition) is 3. The van der Waals surface area contributed by atoms with E-state index in [0.717, 1.165) is 5.69 Å². The zero-order chi connectivity index (χ0) is 12.8. The summed E-state index contributed by atoms with van der Waals surface area (Å²) in [5.41, 5.74) is 7.61. The van der Waals surface area contributed by atoms with Crippen molar-refractivity contribution in [3.8, 4) is 5.75 Å². The maximum Gasteiger partial charge on any atom is 0.137 e. The molecule has 0 atom stereocenters. The average Bonchev–Trinajstić information content (AvgIpc) is 2.65. The van der Waals surface area contributed by atoms with Crippen molar-refractivity contribution < 1.29 is 4.74 Å². The van der Waals surface area contributed by atoms with Gasteiger partial charge >= 0.3 is 0 Å². The van der Waals surface area contributed by atoms with Crippen LogP contribution in [-0.4, -0.2) is 13.2 Å². The van der Waals surface area contributed by atoms with Crippen LogP contribution in [0.5, 0.6) is 5.75 Å². The highest BCUT2D eigenvalue weighted by Crippen LogP contribution is 2.27. The standard InChI is InChI=1S/C14H21ClN2O/c1-18-14-9-8-12(10-13(14)15)17-16-11-6-4-2-3-5-7-11/h8-11,16-17H,2-7H2,1H3. The summed E-state index contributed by atoms with van der Waals surface area (Å²) in [7, 11) is 1.62. The molecule has 0 spiro atoms. The van der Waals surface area contributed by atoms with Crippen molar-refractivity contribution in [3.63, 3.8) is 0 Å². The van der Waals surface area contributed by atoms with Crippen molar-refractivity contribution in [2.75, 3.05) is 12.5 Å². The van der Waals surface area contributed by atoms with E-state index >= 15 is 0 Å². The first kappa shape index (κ1) is 13.5. The highest BCUT2D eigenvalue weighted by Gasteiger charge is 2.11.